The summed E-state index contributed by atoms with van der Waals surface area (Å²) in [5, 5.41) is 22.0. The van der Waals surface area contributed by atoms with Gasteiger partial charge in [-0.05, 0) is 80.1 Å². The zero-order chi connectivity index (χ0) is 56.4. The van der Waals surface area contributed by atoms with Crippen molar-refractivity contribution in [1.29, 1.82) is 0 Å². The van der Waals surface area contributed by atoms with Crippen LogP contribution in [0.2, 0.25) is 0 Å². The van der Waals surface area contributed by atoms with E-state index in [1.807, 2.05) is 152 Å². The number of fused-ring (bicyclic) bond motifs is 2. The molecule has 3 aliphatic heterocycles. The largest absolute Gasteiger partial charge is 0.504 e. The third-order valence-corrected chi connectivity index (χ3v) is 16.7. The average molecular weight is 1110 g/mol. The van der Waals surface area contributed by atoms with Gasteiger partial charge < -0.3 is 39.5 Å². The summed E-state index contributed by atoms with van der Waals surface area (Å²) in [6.45, 7) is 7.55. The fourth-order valence-electron chi connectivity index (χ4n) is 10.1. The lowest BCUT2D eigenvalue weighted by molar-refractivity contribution is -0.179. The van der Waals surface area contributed by atoms with Gasteiger partial charge in [0.25, 0.3) is 5.91 Å². The van der Waals surface area contributed by atoms with Gasteiger partial charge in [-0.1, -0.05) is 163 Å². The van der Waals surface area contributed by atoms with Crippen LogP contribution < -0.4 is 16.1 Å². The molecule has 80 heavy (non-hydrogen) atoms. The Bertz CT molecular complexity index is 3510. The number of β-lactam (4-membered cyclic amide) rings is 1. The summed E-state index contributed by atoms with van der Waals surface area (Å²) < 4.78 is 28.6. The van der Waals surface area contributed by atoms with E-state index in [1.165, 1.54) is 42.3 Å². The quantitative estimate of drug-likeness (QED) is 0.0257. The summed E-state index contributed by atoms with van der Waals surface area (Å²) in [5.41, 5.74) is -1.49. The molecule has 4 atom stereocenters. The van der Waals surface area contributed by atoms with E-state index in [0.29, 0.717) is 21.8 Å². The molecule has 3 N–H and O–H groups in total. The van der Waals surface area contributed by atoms with Crippen LogP contribution in [-0.2, 0) is 56.4 Å². The van der Waals surface area contributed by atoms with Crippen LogP contribution in [0.1, 0.15) is 74.2 Å². The first-order valence-electron chi connectivity index (χ1n) is 25.9. The van der Waals surface area contributed by atoms with Crippen molar-refractivity contribution >= 4 is 56.7 Å². The summed E-state index contributed by atoms with van der Waals surface area (Å²) >= 11 is 1.19. The summed E-state index contributed by atoms with van der Waals surface area (Å²) in [6.07, 6.45) is 2.27. The third kappa shape index (κ3) is 11.0. The number of oxime groups is 1. The van der Waals surface area contributed by atoms with Crippen molar-refractivity contribution in [3.63, 3.8) is 0 Å². The number of carbonyl (C=O) groups is 4. The van der Waals surface area contributed by atoms with Gasteiger partial charge in [-0.25, -0.2) is 9.78 Å². The second-order valence-corrected chi connectivity index (χ2v) is 23.7. The minimum absolute atomic E-state index is 0.0292. The maximum atomic E-state index is 15.2. The molecular formula is C62H58N6O10S2. The Labute approximate surface area is 468 Å². The summed E-state index contributed by atoms with van der Waals surface area (Å²) in [7, 11) is -2.03. The van der Waals surface area contributed by atoms with Crippen molar-refractivity contribution in [2.24, 2.45) is 10.6 Å². The van der Waals surface area contributed by atoms with E-state index in [1.54, 1.807) is 49.0 Å². The fraction of sp³-hybridized carbons (Fsp3) is 0.242. The van der Waals surface area contributed by atoms with E-state index in [4.69, 9.17) is 19.3 Å². The number of anilines is 1. The number of carbonyl (C=O) groups excluding carboxylic acids is 4. The van der Waals surface area contributed by atoms with Gasteiger partial charge in [0, 0.05) is 53.0 Å². The SMILES string of the molecule is CC(C)(C)OC(=O)C(C)(C)ON=C(C(=O)NC1C(=O)N2CC(Cn3ccc4ccc(O)c(=O)c-4c3)(C(=O)OC(c3ccccc3)c3ccccc3)CS(=O)[C@H]12)c1csc(NC(c2ccccc2)(c2ccccc2)c2ccccc2)n1. The monoisotopic (exact) mass is 1110 g/mol. The summed E-state index contributed by atoms with van der Waals surface area (Å²) in [4.78, 5) is 83.4. The van der Waals surface area contributed by atoms with Crippen molar-refractivity contribution < 1.29 is 42.8 Å². The molecule has 0 bridgehead atoms. The van der Waals surface area contributed by atoms with Gasteiger partial charge >= 0.3 is 11.9 Å². The molecule has 4 aliphatic rings. The number of hydrogen-bond acceptors (Lipinski definition) is 14. The number of phenolic OH excluding ortho intramolecular Hbond substituents is 1. The molecule has 0 saturated carbocycles. The second-order valence-electron chi connectivity index (χ2n) is 21.3. The summed E-state index contributed by atoms with van der Waals surface area (Å²) in [5.74, 6) is -3.85. The third-order valence-electron chi connectivity index (χ3n) is 14.0. The van der Waals surface area contributed by atoms with Crippen LogP contribution in [0.25, 0.3) is 11.1 Å². The number of amides is 2. The van der Waals surface area contributed by atoms with Crippen LogP contribution in [0.15, 0.2) is 198 Å². The van der Waals surface area contributed by atoms with E-state index in [-0.39, 0.29) is 30.1 Å². The molecule has 2 fully saturated rings. The number of aromatic nitrogens is 2. The van der Waals surface area contributed by atoms with Gasteiger partial charge in [0.15, 0.2) is 22.7 Å². The van der Waals surface area contributed by atoms with Gasteiger partial charge in [-0.2, -0.15) is 0 Å². The molecule has 6 aromatic rings. The molecule has 3 unspecified atom stereocenters. The maximum Gasteiger partial charge on any atom is 0.353 e. The minimum atomic E-state index is -2.03. The van der Waals surface area contributed by atoms with E-state index < -0.39 is 91.1 Å². The number of thiazole rings is 1. The normalized spacial score (nSPS) is 18.4. The number of benzene rings is 6. The molecule has 5 aromatic carbocycles. The van der Waals surface area contributed by atoms with E-state index >= 15 is 4.79 Å². The molecule has 2 saturated heterocycles. The number of phenols is 1. The molecule has 18 heteroatoms. The lowest BCUT2D eigenvalue weighted by Gasteiger charge is -2.53. The maximum absolute atomic E-state index is 15.2. The van der Waals surface area contributed by atoms with Gasteiger partial charge in [0.2, 0.25) is 16.9 Å². The van der Waals surface area contributed by atoms with Crippen molar-refractivity contribution in [1.82, 2.24) is 19.8 Å². The molecule has 10 rings (SSSR count). The highest BCUT2D eigenvalue weighted by atomic mass is 32.2. The predicted octanol–water partition coefficient (Wildman–Crippen LogP) is 8.80. The number of pyridine rings is 1. The topological polar surface area (TPSA) is 208 Å². The van der Waals surface area contributed by atoms with E-state index in [9.17, 15) is 28.5 Å². The molecule has 0 spiro atoms. The van der Waals surface area contributed by atoms with Gasteiger partial charge in [-0.15, -0.1) is 11.3 Å². The molecule has 0 radical (unpaired) electrons. The highest BCUT2D eigenvalue weighted by molar-refractivity contribution is 7.86. The number of hydrogen-bond donors (Lipinski definition) is 3. The molecule has 4 heterocycles. The lowest BCUT2D eigenvalue weighted by Crippen LogP contribution is -2.77. The van der Waals surface area contributed by atoms with Crippen LogP contribution in [-0.4, -0.2) is 88.1 Å². The Morgan fingerprint density at radius 3 is 1.89 bits per heavy atom. The number of nitrogens with one attached hydrogen (secondary N) is 2. The zero-order valence-electron chi connectivity index (χ0n) is 44.5. The number of rotatable bonds is 17. The lowest BCUT2D eigenvalue weighted by atomic mass is 9.77. The van der Waals surface area contributed by atoms with Crippen molar-refractivity contribution in [2.75, 3.05) is 17.6 Å². The molecular weight excluding hydrogens is 1050 g/mol. The smallest absolute Gasteiger partial charge is 0.353 e. The summed E-state index contributed by atoms with van der Waals surface area (Å²) in [6, 6.07) is 51.1. The molecule has 1 aromatic heterocycles. The van der Waals surface area contributed by atoms with Gasteiger partial charge in [0.05, 0.1) is 0 Å². The Morgan fingerprint density at radius 2 is 1.34 bits per heavy atom. The molecule has 16 nitrogen and oxygen atoms in total. The van der Waals surface area contributed by atoms with Crippen molar-refractivity contribution in [3.8, 4) is 16.9 Å². The first kappa shape index (κ1) is 54.6. The van der Waals surface area contributed by atoms with E-state index in [0.717, 1.165) is 16.7 Å². The first-order valence-corrected chi connectivity index (χ1v) is 28.1. The Hall–Kier alpha value is -8.74. The Morgan fingerprint density at radius 1 is 0.787 bits per heavy atom. The van der Waals surface area contributed by atoms with Crippen molar-refractivity contribution in [3.05, 3.63) is 231 Å². The highest BCUT2D eigenvalue weighted by Gasteiger charge is 2.61. The van der Waals surface area contributed by atoms with Crippen LogP contribution in [0.5, 0.6) is 5.75 Å². The average Bonchev–Trinajstić information content (AvgIpc) is 3.97. The number of aromatic hydroxyl groups is 1. The van der Waals surface area contributed by atoms with Gasteiger partial charge in [-0.3, -0.25) is 23.4 Å². The fourth-order valence-corrected chi connectivity index (χ4v) is 12.8. The Kier molecular flexibility index (Phi) is 15.1. The second kappa shape index (κ2) is 22.2. The zero-order valence-corrected chi connectivity index (χ0v) is 46.1. The predicted molar refractivity (Wildman–Crippen MR) is 305 cm³/mol. The number of esters is 2. The molecule has 2 amide bonds. The van der Waals surface area contributed by atoms with Crippen LogP contribution in [0.3, 0.4) is 0 Å². The minimum Gasteiger partial charge on any atom is -0.504 e. The molecule has 408 valence electrons. The Balaban J connectivity index is 0.979. The standard InChI is InChI=1S/C62H58N6O10S2/c1-59(2,3)77-56(73)60(4,5)78-66-49(47-36-79-58(63-47)65-62(43-25-15-8-16-26-43,44-27-17-9-18-28-44)45-29-19-10-20-30-45)53(71)64-50-54(72)68-38-61(39-80(75)55(50)68,37-67-34-33-40-31-32-48(69)51(70)46(40)35-67)57(74)76-52(41-21-11-6-12-22-41)42-23-13-7-14-24-42/h6-36,50,52,55,69H,37-39H2,1-5H3,(H,63,65)(H,64,71)/t50?,55-,61?,80?/m1/s1. The van der Waals surface area contributed by atoms with Gasteiger partial charge in [0.1, 0.15) is 33.7 Å². The molecule has 1 aliphatic carbocycles. The van der Waals surface area contributed by atoms with Crippen LogP contribution >= 0.6 is 11.3 Å². The number of nitrogens with zero attached hydrogens (tertiary/aromatic N) is 4. The van der Waals surface area contributed by atoms with Crippen molar-refractivity contribution in [2.45, 2.75) is 75.4 Å². The van der Waals surface area contributed by atoms with E-state index in [2.05, 4.69) is 15.8 Å². The number of ether oxygens (including phenoxy) is 2. The first-order chi connectivity index (χ1) is 38.4. The van der Waals surface area contributed by atoms with Crippen LogP contribution in [0, 0.1) is 5.41 Å². The van der Waals surface area contributed by atoms with Crippen LogP contribution in [0.4, 0.5) is 5.13 Å². The highest BCUT2D eigenvalue weighted by Crippen LogP contribution is 2.43.